The highest BCUT2D eigenvalue weighted by Gasteiger charge is 2.15. The number of para-hydroxylation sites is 2. The fraction of sp³-hybridized carbons (Fsp3) is 0.355. The molecule has 0 unspecified atom stereocenters. The highest BCUT2D eigenvalue weighted by atomic mass is 16.1. The number of hydrogen-bond acceptors (Lipinski definition) is 2. The minimum Gasteiger partial charge on any atom is -0.352 e. The van der Waals surface area contributed by atoms with Gasteiger partial charge in [0, 0.05) is 25.1 Å². The summed E-state index contributed by atoms with van der Waals surface area (Å²) in [6.07, 6.45) is 4.00. The van der Waals surface area contributed by atoms with Crippen LogP contribution in [-0.4, -0.2) is 22.0 Å². The molecule has 4 aromatic rings. The number of imidazole rings is 1. The third-order valence-corrected chi connectivity index (χ3v) is 7.21. The maximum Gasteiger partial charge on any atom is 0.251 e. The van der Waals surface area contributed by atoms with Crippen LogP contribution in [0.5, 0.6) is 0 Å². The molecule has 4 rings (SSSR count). The van der Waals surface area contributed by atoms with Crippen molar-refractivity contribution in [3.63, 3.8) is 0 Å². The fourth-order valence-corrected chi connectivity index (χ4v) is 4.86. The van der Waals surface area contributed by atoms with Gasteiger partial charge in [0.05, 0.1) is 11.0 Å². The molecule has 1 aromatic heterocycles. The monoisotopic (exact) mass is 467 g/mol. The minimum absolute atomic E-state index is 0.00896. The molecule has 1 N–H and O–H groups in total. The summed E-state index contributed by atoms with van der Waals surface area (Å²) >= 11 is 0. The molecular weight excluding hydrogens is 430 g/mol. The van der Waals surface area contributed by atoms with Crippen LogP contribution < -0.4 is 5.32 Å². The Kier molecular flexibility index (Phi) is 7.70. The number of hydrogen-bond donors (Lipinski definition) is 1. The zero-order valence-electron chi connectivity index (χ0n) is 21.7. The molecule has 0 spiro atoms. The van der Waals surface area contributed by atoms with Crippen LogP contribution in [0.2, 0.25) is 0 Å². The van der Waals surface area contributed by atoms with E-state index in [2.05, 4.69) is 67.9 Å². The van der Waals surface area contributed by atoms with E-state index in [1.807, 2.05) is 31.2 Å². The second kappa shape index (κ2) is 10.9. The summed E-state index contributed by atoms with van der Waals surface area (Å²) < 4.78 is 2.41. The number of nitrogens with zero attached hydrogens (tertiary/aromatic N) is 2. The molecule has 0 aliphatic rings. The summed E-state index contributed by atoms with van der Waals surface area (Å²) in [6, 6.07) is 18.5. The van der Waals surface area contributed by atoms with E-state index in [9.17, 15) is 4.79 Å². The van der Waals surface area contributed by atoms with Crippen molar-refractivity contribution in [3.05, 3.63) is 99.4 Å². The number of fused-ring (bicyclic) bond motifs is 1. The molecule has 4 heteroatoms. The standard InChI is InChI=1S/C31H37N3O/c1-21-12-11-13-26(18-21)31(35)32-17-10-6-7-16-30-33-28-14-8-9-15-29(28)34(30)20-27-24(4)22(2)19-23(3)25(27)5/h8-9,11-15,18-19H,6-7,10,16-17,20H2,1-5H3,(H,32,35). The van der Waals surface area contributed by atoms with Gasteiger partial charge in [-0.3, -0.25) is 4.79 Å². The Bertz CT molecular complexity index is 1320. The fourth-order valence-electron chi connectivity index (χ4n) is 4.86. The van der Waals surface area contributed by atoms with Crippen molar-refractivity contribution in [1.82, 2.24) is 14.9 Å². The van der Waals surface area contributed by atoms with E-state index in [0.717, 1.165) is 54.7 Å². The molecule has 0 aliphatic carbocycles. The highest BCUT2D eigenvalue weighted by Crippen LogP contribution is 2.26. The summed E-state index contributed by atoms with van der Waals surface area (Å²) in [5.74, 6) is 1.16. The van der Waals surface area contributed by atoms with E-state index in [1.165, 1.54) is 33.3 Å². The Morgan fingerprint density at radius 1 is 0.857 bits per heavy atom. The first-order valence-electron chi connectivity index (χ1n) is 12.7. The summed E-state index contributed by atoms with van der Waals surface area (Å²) in [4.78, 5) is 17.3. The van der Waals surface area contributed by atoms with Gasteiger partial charge in [-0.2, -0.15) is 0 Å². The number of amides is 1. The first-order chi connectivity index (χ1) is 16.8. The van der Waals surface area contributed by atoms with Crippen molar-refractivity contribution >= 4 is 16.9 Å². The predicted octanol–water partition coefficient (Wildman–Crippen LogP) is 6.77. The number of carbonyl (C=O) groups excluding carboxylic acids is 1. The second-order valence-corrected chi connectivity index (χ2v) is 9.78. The minimum atomic E-state index is 0.00896. The van der Waals surface area contributed by atoms with Crippen LogP contribution in [0.15, 0.2) is 54.6 Å². The first kappa shape index (κ1) is 24.7. The first-order valence-corrected chi connectivity index (χ1v) is 12.7. The number of unbranched alkanes of at least 4 members (excludes halogenated alkanes) is 2. The van der Waals surface area contributed by atoms with Crippen LogP contribution >= 0.6 is 0 Å². The summed E-state index contributed by atoms with van der Waals surface area (Å²) in [6.45, 7) is 12.4. The van der Waals surface area contributed by atoms with Crippen molar-refractivity contribution in [3.8, 4) is 0 Å². The molecule has 182 valence electrons. The van der Waals surface area contributed by atoms with Gasteiger partial charge in [-0.05, 0) is 99.5 Å². The molecule has 35 heavy (non-hydrogen) atoms. The molecule has 0 atom stereocenters. The van der Waals surface area contributed by atoms with Crippen LogP contribution in [0, 0.1) is 34.6 Å². The Morgan fingerprint density at radius 3 is 2.34 bits per heavy atom. The van der Waals surface area contributed by atoms with E-state index >= 15 is 0 Å². The number of rotatable bonds is 9. The van der Waals surface area contributed by atoms with E-state index in [4.69, 9.17) is 4.98 Å². The van der Waals surface area contributed by atoms with Crippen LogP contribution in [-0.2, 0) is 13.0 Å². The highest BCUT2D eigenvalue weighted by molar-refractivity contribution is 5.94. The van der Waals surface area contributed by atoms with Crippen molar-refractivity contribution < 1.29 is 4.79 Å². The average Bonchev–Trinajstić information content (AvgIpc) is 3.19. The lowest BCUT2D eigenvalue weighted by atomic mass is 9.94. The molecule has 0 aliphatic heterocycles. The largest absolute Gasteiger partial charge is 0.352 e. The number of nitrogens with one attached hydrogen (secondary N) is 1. The molecule has 1 heterocycles. The van der Waals surface area contributed by atoms with Crippen molar-refractivity contribution in [2.45, 2.75) is 66.8 Å². The summed E-state index contributed by atoms with van der Waals surface area (Å²) in [5, 5.41) is 3.05. The number of aromatic nitrogens is 2. The van der Waals surface area contributed by atoms with Crippen LogP contribution in [0.3, 0.4) is 0 Å². The van der Waals surface area contributed by atoms with E-state index in [-0.39, 0.29) is 5.91 Å². The zero-order valence-corrected chi connectivity index (χ0v) is 21.7. The molecule has 3 aromatic carbocycles. The Hall–Kier alpha value is -3.40. The van der Waals surface area contributed by atoms with Gasteiger partial charge in [-0.25, -0.2) is 4.98 Å². The predicted molar refractivity (Wildman–Crippen MR) is 145 cm³/mol. The number of carbonyl (C=O) groups is 1. The SMILES string of the molecule is Cc1cccc(C(=O)NCCCCCc2nc3ccccc3n2Cc2c(C)c(C)cc(C)c2C)c1. The number of aryl methyl sites for hydroxylation is 4. The van der Waals surface area contributed by atoms with Crippen LogP contribution in [0.4, 0.5) is 0 Å². The average molecular weight is 468 g/mol. The molecule has 0 saturated carbocycles. The van der Waals surface area contributed by atoms with Gasteiger partial charge >= 0.3 is 0 Å². The Labute approximate surface area is 209 Å². The third kappa shape index (κ3) is 5.64. The van der Waals surface area contributed by atoms with Crippen LogP contribution in [0.25, 0.3) is 11.0 Å². The lowest BCUT2D eigenvalue weighted by Crippen LogP contribution is -2.24. The molecule has 0 bridgehead atoms. The maximum atomic E-state index is 12.3. The lowest BCUT2D eigenvalue weighted by molar-refractivity contribution is 0.0953. The molecule has 1 amide bonds. The number of benzene rings is 3. The topological polar surface area (TPSA) is 46.9 Å². The molecule has 0 saturated heterocycles. The normalized spacial score (nSPS) is 11.2. The summed E-state index contributed by atoms with van der Waals surface area (Å²) in [7, 11) is 0. The quantitative estimate of drug-likeness (QED) is 0.276. The molecule has 0 radical (unpaired) electrons. The van der Waals surface area contributed by atoms with Gasteiger partial charge in [0.2, 0.25) is 0 Å². The van der Waals surface area contributed by atoms with Crippen molar-refractivity contribution in [2.75, 3.05) is 6.54 Å². The maximum absolute atomic E-state index is 12.3. The van der Waals surface area contributed by atoms with E-state index in [1.54, 1.807) is 0 Å². The van der Waals surface area contributed by atoms with Gasteiger partial charge in [-0.15, -0.1) is 0 Å². The van der Waals surface area contributed by atoms with Crippen molar-refractivity contribution in [2.24, 2.45) is 0 Å². The third-order valence-electron chi connectivity index (χ3n) is 7.21. The van der Waals surface area contributed by atoms with Gasteiger partial charge in [0.1, 0.15) is 5.82 Å². The van der Waals surface area contributed by atoms with Crippen LogP contribution in [0.1, 0.15) is 68.8 Å². The second-order valence-electron chi connectivity index (χ2n) is 9.78. The molecule has 4 nitrogen and oxygen atoms in total. The van der Waals surface area contributed by atoms with Gasteiger partial charge in [0.25, 0.3) is 5.91 Å². The molecular formula is C31H37N3O. The Morgan fingerprint density at radius 2 is 1.60 bits per heavy atom. The smallest absolute Gasteiger partial charge is 0.251 e. The Balaban J connectivity index is 1.40. The zero-order chi connectivity index (χ0) is 24.9. The lowest BCUT2D eigenvalue weighted by Gasteiger charge is -2.18. The van der Waals surface area contributed by atoms with E-state index in [0.29, 0.717) is 6.54 Å². The molecule has 0 fully saturated rings. The van der Waals surface area contributed by atoms with E-state index < -0.39 is 0 Å². The van der Waals surface area contributed by atoms with Gasteiger partial charge < -0.3 is 9.88 Å². The van der Waals surface area contributed by atoms with Gasteiger partial charge in [-0.1, -0.05) is 42.3 Å². The van der Waals surface area contributed by atoms with Crippen molar-refractivity contribution in [1.29, 1.82) is 0 Å². The summed E-state index contributed by atoms with van der Waals surface area (Å²) in [5.41, 5.74) is 11.0. The van der Waals surface area contributed by atoms with Gasteiger partial charge in [0.15, 0.2) is 0 Å².